The zero-order chi connectivity index (χ0) is 16.3. The largest absolute Gasteiger partial charge is 0.481 e. The molecule has 2 rings (SSSR count). The maximum absolute atomic E-state index is 12.5. The van der Waals surface area contributed by atoms with E-state index in [2.05, 4.69) is 0 Å². The summed E-state index contributed by atoms with van der Waals surface area (Å²) in [6.45, 7) is 0.367. The number of carboxylic acids is 1. The van der Waals surface area contributed by atoms with Crippen molar-refractivity contribution in [2.45, 2.75) is 18.1 Å². The summed E-state index contributed by atoms with van der Waals surface area (Å²) >= 11 is 0. The van der Waals surface area contributed by atoms with Crippen LogP contribution >= 0.6 is 12.4 Å². The molecular weight excluding hydrogens is 342 g/mol. The van der Waals surface area contributed by atoms with Crippen molar-refractivity contribution in [1.82, 2.24) is 4.90 Å². The summed E-state index contributed by atoms with van der Waals surface area (Å²) in [5.41, 5.74) is 0.764. The van der Waals surface area contributed by atoms with E-state index in [-0.39, 0.29) is 31.9 Å². The van der Waals surface area contributed by atoms with Gasteiger partial charge in [0.25, 0.3) is 0 Å². The fourth-order valence-corrected chi connectivity index (χ4v) is 3.63. The first-order valence-electron chi connectivity index (χ1n) is 7.03. The lowest BCUT2D eigenvalue weighted by Crippen LogP contribution is -2.43. The predicted octanol–water partition coefficient (Wildman–Crippen LogP) is 0.997. The van der Waals surface area contributed by atoms with Gasteiger partial charge < -0.3 is 10.0 Å². The minimum absolute atomic E-state index is 0. The molecule has 1 aliphatic rings. The van der Waals surface area contributed by atoms with Crippen molar-refractivity contribution in [3.05, 3.63) is 35.9 Å². The summed E-state index contributed by atoms with van der Waals surface area (Å²) in [6.07, 6.45) is 1.51. The molecule has 6 nitrogen and oxygen atoms in total. The monoisotopic (exact) mass is 361 g/mol. The SMILES string of the molecule is CS(=O)(=O)C(Cc1ccccc1)C(=O)N1CCC(C(=O)O)C1.Cl. The zero-order valence-corrected chi connectivity index (χ0v) is 14.3. The van der Waals surface area contributed by atoms with Crippen molar-refractivity contribution in [3.8, 4) is 0 Å². The van der Waals surface area contributed by atoms with Crippen LogP contribution in [-0.4, -0.2) is 54.9 Å². The smallest absolute Gasteiger partial charge is 0.308 e. The van der Waals surface area contributed by atoms with Gasteiger partial charge in [0.15, 0.2) is 9.84 Å². The Bertz CT molecular complexity index is 662. The van der Waals surface area contributed by atoms with E-state index in [0.29, 0.717) is 6.42 Å². The van der Waals surface area contributed by atoms with Crippen molar-refractivity contribution in [3.63, 3.8) is 0 Å². The number of carbonyl (C=O) groups is 2. The Morgan fingerprint density at radius 1 is 1.30 bits per heavy atom. The molecule has 128 valence electrons. The van der Waals surface area contributed by atoms with E-state index in [4.69, 9.17) is 5.11 Å². The molecule has 1 heterocycles. The summed E-state index contributed by atoms with van der Waals surface area (Å²) in [5, 5.41) is 7.83. The summed E-state index contributed by atoms with van der Waals surface area (Å²) in [4.78, 5) is 24.8. The fraction of sp³-hybridized carbons (Fsp3) is 0.467. The van der Waals surface area contributed by atoms with Gasteiger partial charge in [0.1, 0.15) is 5.25 Å². The van der Waals surface area contributed by atoms with Gasteiger partial charge in [0.05, 0.1) is 5.92 Å². The maximum atomic E-state index is 12.5. The third kappa shape index (κ3) is 4.94. The molecule has 1 aromatic rings. The number of carboxylic acid groups (broad SMARTS) is 1. The fourth-order valence-electron chi connectivity index (χ4n) is 2.62. The highest BCUT2D eigenvalue weighted by Crippen LogP contribution is 2.20. The molecule has 1 fully saturated rings. The van der Waals surface area contributed by atoms with Crippen LogP contribution in [0.2, 0.25) is 0 Å². The van der Waals surface area contributed by atoms with Crippen molar-refractivity contribution < 1.29 is 23.1 Å². The van der Waals surface area contributed by atoms with Crippen LogP contribution in [0.1, 0.15) is 12.0 Å². The van der Waals surface area contributed by atoms with Crippen molar-refractivity contribution >= 4 is 34.1 Å². The first kappa shape index (κ1) is 19.4. The summed E-state index contributed by atoms with van der Waals surface area (Å²) in [7, 11) is -3.58. The van der Waals surface area contributed by atoms with Crippen molar-refractivity contribution in [1.29, 1.82) is 0 Å². The second-order valence-corrected chi connectivity index (χ2v) is 7.84. The Labute approximate surface area is 141 Å². The highest BCUT2D eigenvalue weighted by Gasteiger charge is 2.37. The number of aliphatic carboxylic acids is 1. The number of hydrogen-bond acceptors (Lipinski definition) is 4. The van der Waals surface area contributed by atoms with E-state index >= 15 is 0 Å². The predicted molar refractivity (Wildman–Crippen MR) is 88.3 cm³/mol. The topological polar surface area (TPSA) is 91.8 Å². The minimum atomic E-state index is -3.58. The van der Waals surface area contributed by atoms with Gasteiger partial charge in [-0.3, -0.25) is 9.59 Å². The number of amides is 1. The number of halogens is 1. The Morgan fingerprint density at radius 3 is 2.39 bits per heavy atom. The van der Waals surface area contributed by atoms with Gasteiger partial charge in [-0.15, -0.1) is 12.4 Å². The first-order chi connectivity index (χ1) is 10.3. The molecule has 0 aromatic heterocycles. The van der Waals surface area contributed by atoms with Gasteiger partial charge in [-0.2, -0.15) is 0 Å². The van der Waals surface area contributed by atoms with Crippen LogP contribution < -0.4 is 0 Å². The van der Waals surface area contributed by atoms with Crippen LogP contribution in [0.3, 0.4) is 0 Å². The van der Waals surface area contributed by atoms with Crippen LogP contribution in [0.5, 0.6) is 0 Å². The lowest BCUT2D eigenvalue weighted by molar-refractivity contribution is -0.141. The lowest BCUT2D eigenvalue weighted by Gasteiger charge is -2.22. The van der Waals surface area contributed by atoms with Crippen molar-refractivity contribution in [2.24, 2.45) is 5.92 Å². The second-order valence-electron chi connectivity index (χ2n) is 5.62. The molecule has 0 spiro atoms. The number of sulfone groups is 1. The molecule has 0 saturated carbocycles. The van der Waals surface area contributed by atoms with Crippen LogP contribution in [0.4, 0.5) is 0 Å². The second kappa shape index (κ2) is 7.79. The molecule has 0 aliphatic carbocycles. The molecule has 0 radical (unpaired) electrons. The van der Waals surface area contributed by atoms with Crippen molar-refractivity contribution in [2.75, 3.05) is 19.3 Å². The highest BCUT2D eigenvalue weighted by atomic mass is 35.5. The van der Waals surface area contributed by atoms with Gasteiger partial charge in [-0.25, -0.2) is 8.42 Å². The molecule has 0 bridgehead atoms. The first-order valence-corrected chi connectivity index (χ1v) is 8.99. The zero-order valence-electron chi connectivity index (χ0n) is 12.7. The van der Waals surface area contributed by atoms with Gasteiger partial charge in [0, 0.05) is 19.3 Å². The Balaban J connectivity index is 0.00000264. The van der Waals surface area contributed by atoms with E-state index < -0.39 is 32.9 Å². The molecule has 23 heavy (non-hydrogen) atoms. The number of hydrogen-bond donors (Lipinski definition) is 1. The Hall–Kier alpha value is -1.60. The lowest BCUT2D eigenvalue weighted by atomic mass is 10.1. The van der Waals surface area contributed by atoms with Gasteiger partial charge >= 0.3 is 5.97 Å². The summed E-state index contributed by atoms with van der Waals surface area (Å²) in [5.74, 6) is -2.06. The Kier molecular flexibility index (Phi) is 6.58. The standard InChI is InChI=1S/C15H19NO5S.ClH/c1-22(20,21)13(9-11-5-3-2-4-6-11)14(17)16-8-7-12(10-16)15(18)19;/h2-6,12-13H,7-10H2,1H3,(H,18,19);1H. The van der Waals surface area contributed by atoms with E-state index in [1.807, 2.05) is 6.07 Å². The molecule has 2 atom stereocenters. The number of carbonyl (C=O) groups excluding carboxylic acids is 1. The van der Waals surface area contributed by atoms with Crippen LogP contribution in [0, 0.1) is 5.92 Å². The van der Waals surface area contributed by atoms with E-state index in [9.17, 15) is 18.0 Å². The average Bonchev–Trinajstić information content (AvgIpc) is 2.94. The highest BCUT2D eigenvalue weighted by molar-refractivity contribution is 7.92. The average molecular weight is 362 g/mol. The molecule has 1 aromatic carbocycles. The molecular formula is C15H20ClNO5S. The van der Waals surface area contributed by atoms with E-state index in [0.717, 1.165) is 11.8 Å². The molecule has 2 unspecified atom stereocenters. The summed E-state index contributed by atoms with van der Waals surface area (Å²) in [6, 6.07) is 8.94. The molecule has 1 aliphatic heterocycles. The molecule has 8 heteroatoms. The quantitative estimate of drug-likeness (QED) is 0.844. The van der Waals surface area contributed by atoms with Gasteiger partial charge in [-0.1, -0.05) is 30.3 Å². The minimum Gasteiger partial charge on any atom is -0.481 e. The van der Waals surface area contributed by atoms with E-state index in [1.54, 1.807) is 24.3 Å². The van der Waals surface area contributed by atoms with Crippen LogP contribution in [0.15, 0.2) is 30.3 Å². The van der Waals surface area contributed by atoms with Gasteiger partial charge in [0.2, 0.25) is 5.91 Å². The third-order valence-electron chi connectivity index (χ3n) is 3.91. The van der Waals surface area contributed by atoms with E-state index in [1.165, 1.54) is 4.90 Å². The number of likely N-dealkylation sites (tertiary alicyclic amines) is 1. The summed E-state index contributed by atoms with van der Waals surface area (Å²) < 4.78 is 24.0. The maximum Gasteiger partial charge on any atom is 0.308 e. The molecule has 1 amide bonds. The number of nitrogens with zero attached hydrogens (tertiary/aromatic N) is 1. The third-order valence-corrected chi connectivity index (χ3v) is 5.31. The number of benzene rings is 1. The molecule has 1 saturated heterocycles. The Morgan fingerprint density at radius 2 is 1.91 bits per heavy atom. The van der Waals surface area contributed by atoms with Crippen LogP contribution in [0.25, 0.3) is 0 Å². The van der Waals surface area contributed by atoms with Crippen LogP contribution in [-0.2, 0) is 25.8 Å². The number of rotatable bonds is 5. The molecule has 1 N–H and O–H groups in total. The normalized spacial score (nSPS) is 19.0. The van der Waals surface area contributed by atoms with Gasteiger partial charge in [-0.05, 0) is 18.4 Å².